The Morgan fingerprint density at radius 3 is 2.15 bits per heavy atom. The monoisotopic (exact) mass is 568 g/mol. The summed E-state index contributed by atoms with van der Waals surface area (Å²) in [5.74, 6) is -0.440. The van der Waals surface area contributed by atoms with Crippen molar-refractivity contribution in [2.45, 2.75) is 67.3 Å². The van der Waals surface area contributed by atoms with Crippen molar-refractivity contribution in [2.24, 2.45) is 5.92 Å². The minimum Gasteiger partial charge on any atom is -0.481 e. The second kappa shape index (κ2) is 21.5. The van der Waals surface area contributed by atoms with Gasteiger partial charge in [0.1, 0.15) is 4.64 Å². The highest BCUT2D eigenvalue weighted by molar-refractivity contribution is 7.71. The highest BCUT2D eigenvalue weighted by Gasteiger charge is 2.04. The van der Waals surface area contributed by atoms with E-state index in [0.717, 1.165) is 17.6 Å². The third-order valence-corrected chi connectivity index (χ3v) is 5.64. The van der Waals surface area contributed by atoms with E-state index in [2.05, 4.69) is 58.3 Å². The number of aromatic nitrogens is 2. The first-order valence-corrected chi connectivity index (χ1v) is 14.2. The summed E-state index contributed by atoms with van der Waals surface area (Å²) < 4.78 is 0.785. The molecule has 8 heteroatoms. The number of benzene rings is 1. The summed E-state index contributed by atoms with van der Waals surface area (Å²) in [7, 11) is 4.09. The number of H-pyrrole nitrogens is 1. The largest absolute Gasteiger partial charge is 0.481 e. The van der Waals surface area contributed by atoms with Crippen LogP contribution in [0.15, 0.2) is 61.1 Å². The van der Waals surface area contributed by atoms with Crippen molar-refractivity contribution in [2.75, 3.05) is 20.6 Å². The van der Waals surface area contributed by atoms with Crippen molar-refractivity contribution in [1.29, 1.82) is 0 Å². The molecule has 1 aromatic carbocycles. The van der Waals surface area contributed by atoms with Crippen molar-refractivity contribution in [3.8, 4) is 11.1 Å². The van der Waals surface area contributed by atoms with Crippen molar-refractivity contribution in [1.82, 2.24) is 20.2 Å². The number of carboxylic acid groups (broad SMARTS) is 1. The number of pyridine rings is 2. The average molecular weight is 569 g/mol. The Morgan fingerprint density at radius 1 is 1.02 bits per heavy atom. The normalized spacial score (nSPS) is 9.85. The number of aryl methyl sites for hydroxylation is 2. The second-order valence-electron chi connectivity index (χ2n) is 9.73. The first-order valence-electron chi connectivity index (χ1n) is 13.8. The fourth-order valence-electron chi connectivity index (χ4n) is 3.50. The number of nitrogens with one attached hydrogen (secondary N) is 2. The number of aliphatic carboxylic acids is 1. The Kier molecular flexibility index (Phi) is 19.7. The molecule has 0 atom stereocenters. The molecule has 3 rings (SSSR count). The molecule has 0 saturated carbocycles. The van der Waals surface area contributed by atoms with Crippen LogP contribution in [0.25, 0.3) is 11.1 Å². The van der Waals surface area contributed by atoms with Crippen molar-refractivity contribution >= 4 is 24.1 Å². The number of carbonyl (C=O) groups excluding carboxylic acids is 1. The van der Waals surface area contributed by atoms with E-state index in [0.29, 0.717) is 12.3 Å². The first kappa shape index (κ1) is 36.6. The predicted molar refractivity (Wildman–Crippen MR) is 169 cm³/mol. The predicted octanol–water partition coefficient (Wildman–Crippen LogP) is 7.21. The third-order valence-electron chi connectivity index (χ3n) is 5.39. The molecule has 2 heterocycles. The summed E-state index contributed by atoms with van der Waals surface area (Å²) in [6, 6.07) is 14.4. The Hall–Kier alpha value is -3.36. The molecule has 7 nitrogen and oxygen atoms in total. The van der Waals surface area contributed by atoms with Gasteiger partial charge in [0.2, 0.25) is 5.91 Å². The number of hydrogen-bond acceptors (Lipinski definition) is 5. The van der Waals surface area contributed by atoms with Crippen LogP contribution in [0.3, 0.4) is 0 Å². The van der Waals surface area contributed by atoms with Gasteiger partial charge < -0.3 is 20.3 Å². The lowest BCUT2D eigenvalue weighted by molar-refractivity contribution is -0.136. The van der Waals surface area contributed by atoms with Gasteiger partial charge in [-0.25, -0.2) is 0 Å². The molecule has 1 amide bonds. The van der Waals surface area contributed by atoms with Crippen LogP contribution >= 0.6 is 12.2 Å². The van der Waals surface area contributed by atoms with Crippen LogP contribution in [-0.4, -0.2) is 52.5 Å². The van der Waals surface area contributed by atoms with E-state index >= 15 is 0 Å². The lowest BCUT2D eigenvalue weighted by atomic mass is 9.97. The van der Waals surface area contributed by atoms with E-state index in [9.17, 15) is 9.59 Å². The van der Waals surface area contributed by atoms with E-state index in [4.69, 9.17) is 17.3 Å². The van der Waals surface area contributed by atoms with Gasteiger partial charge in [0, 0.05) is 43.7 Å². The van der Waals surface area contributed by atoms with E-state index in [-0.39, 0.29) is 18.9 Å². The minimum atomic E-state index is -0.885. The van der Waals surface area contributed by atoms with Gasteiger partial charge >= 0.3 is 5.97 Å². The molecule has 0 aliphatic rings. The number of carbonyl (C=O) groups is 2. The number of nitrogens with zero attached hydrogens (tertiary/aromatic N) is 2. The Balaban J connectivity index is 0.000000557. The smallest absolute Gasteiger partial charge is 0.305 e. The summed E-state index contributed by atoms with van der Waals surface area (Å²) >= 11 is 4.92. The second-order valence-corrected chi connectivity index (χ2v) is 10.2. The van der Waals surface area contributed by atoms with Gasteiger partial charge in [-0.15, -0.1) is 0 Å². The zero-order chi connectivity index (χ0) is 30.5. The molecule has 0 unspecified atom stereocenters. The molecule has 0 bridgehead atoms. The number of rotatable bonds is 9. The Morgan fingerprint density at radius 2 is 1.68 bits per heavy atom. The lowest BCUT2D eigenvalue weighted by Gasteiger charge is -2.08. The highest BCUT2D eigenvalue weighted by atomic mass is 32.1. The Bertz CT molecular complexity index is 1140. The van der Waals surface area contributed by atoms with Gasteiger partial charge in [-0.3, -0.25) is 14.6 Å². The molecule has 0 saturated heterocycles. The molecule has 0 aliphatic carbocycles. The molecule has 0 aliphatic heterocycles. The molecule has 0 fully saturated rings. The molecule has 3 N–H and O–H groups in total. The summed E-state index contributed by atoms with van der Waals surface area (Å²) in [6.45, 7) is 13.5. The molecular formula is C32H48N4O3S. The van der Waals surface area contributed by atoms with Crippen LogP contribution in [0, 0.1) is 24.4 Å². The van der Waals surface area contributed by atoms with Gasteiger partial charge in [-0.05, 0) is 74.7 Å². The fraction of sp³-hybridized carbons (Fsp3) is 0.438. The summed E-state index contributed by atoms with van der Waals surface area (Å²) in [5, 5.41) is 10.8. The van der Waals surface area contributed by atoms with E-state index < -0.39 is 5.97 Å². The lowest BCUT2D eigenvalue weighted by Crippen LogP contribution is -2.25. The van der Waals surface area contributed by atoms with E-state index in [1.165, 1.54) is 27.8 Å². The average Bonchev–Trinajstić information content (AvgIpc) is 2.91. The number of amides is 1. The molecule has 220 valence electrons. The first-order chi connectivity index (χ1) is 19.0. The molecule has 0 radical (unpaired) electrons. The van der Waals surface area contributed by atoms with Crippen LogP contribution < -0.4 is 5.32 Å². The zero-order valence-corrected chi connectivity index (χ0v) is 26.3. The standard InChI is InChI=1S/C13H13N.C9H17NO3.C8H12N2S.C2H6/c1-10-5-3-6-11(2)13(10)12-7-4-8-14-9-12;1-7(2)3-4-8(11)10-6-5-9(12)13;1-10(2)6-7-3-4-8(11)9-5-7;1-2/h3-9H,1-2H3;7H,3-6H2,1-2H3,(H,10,11)(H,12,13);3-5H,6H2,1-2H3,(H,9,11);1-2H3. The van der Waals surface area contributed by atoms with Crippen LogP contribution in [0.1, 0.15) is 63.6 Å². The van der Waals surface area contributed by atoms with Crippen LogP contribution in [0.2, 0.25) is 0 Å². The van der Waals surface area contributed by atoms with Crippen LogP contribution in [-0.2, 0) is 16.1 Å². The number of aromatic amines is 1. The molecule has 3 aromatic rings. The minimum absolute atomic E-state index is 0.00653. The topological polar surface area (TPSA) is 98.3 Å². The highest BCUT2D eigenvalue weighted by Crippen LogP contribution is 2.25. The van der Waals surface area contributed by atoms with Crippen molar-refractivity contribution in [3.63, 3.8) is 0 Å². The maximum absolute atomic E-state index is 11.0. The molecule has 40 heavy (non-hydrogen) atoms. The maximum Gasteiger partial charge on any atom is 0.305 e. The number of hydrogen-bond donors (Lipinski definition) is 3. The number of carboxylic acids is 1. The van der Waals surface area contributed by atoms with Gasteiger partial charge in [0.05, 0.1) is 6.42 Å². The summed E-state index contributed by atoms with van der Waals surface area (Å²) in [6.07, 6.45) is 6.98. The van der Waals surface area contributed by atoms with E-state index in [1.54, 1.807) is 6.20 Å². The SMILES string of the molecule is CC.CC(C)CCC(=O)NCCC(=O)O.CN(C)Cc1ccc(=S)[nH]c1.Cc1cccc(C)c1-c1cccnc1. The van der Waals surface area contributed by atoms with Gasteiger partial charge in [0.25, 0.3) is 0 Å². The summed E-state index contributed by atoms with van der Waals surface area (Å²) in [4.78, 5) is 30.4. The maximum atomic E-state index is 11.0. The molecule has 2 aromatic heterocycles. The van der Waals surface area contributed by atoms with Crippen LogP contribution in [0.4, 0.5) is 0 Å². The van der Waals surface area contributed by atoms with Gasteiger partial charge in [-0.2, -0.15) is 0 Å². The van der Waals surface area contributed by atoms with Crippen molar-refractivity contribution < 1.29 is 14.7 Å². The third kappa shape index (κ3) is 17.3. The fourth-order valence-corrected chi connectivity index (χ4v) is 3.63. The van der Waals surface area contributed by atoms with Crippen molar-refractivity contribution in [3.05, 3.63) is 82.4 Å². The van der Waals surface area contributed by atoms with Gasteiger partial charge in [0.15, 0.2) is 0 Å². The summed E-state index contributed by atoms with van der Waals surface area (Å²) in [5.41, 5.74) is 6.36. The molecule has 0 spiro atoms. The Labute approximate surface area is 246 Å². The zero-order valence-electron chi connectivity index (χ0n) is 25.5. The quantitative estimate of drug-likeness (QED) is 0.236. The molecular weight excluding hydrogens is 520 g/mol. The van der Waals surface area contributed by atoms with E-state index in [1.807, 2.05) is 72.4 Å². The van der Waals surface area contributed by atoms with Gasteiger partial charge in [-0.1, -0.05) is 70.2 Å². The van der Waals surface area contributed by atoms with Crippen LogP contribution in [0.5, 0.6) is 0 Å².